The van der Waals surface area contributed by atoms with Crippen LogP contribution in [0.15, 0.2) is 34.9 Å². The molecular formula is C16H19N3O2. The number of nitrogens with one attached hydrogen (secondary N) is 1. The summed E-state index contributed by atoms with van der Waals surface area (Å²) in [7, 11) is 0. The average Bonchev–Trinajstić information content (AvgIpc) is 2.95. The number of benzene rings is 1. The summed E-state index contributed by atoms with van der Waals surface area (Å²) < 4.78 is 5.01. The van der Waals surface area contributed by atoms with Crippen LogP contribution in [0.3, 0.4) is 0 Å². The molecule has 0 bridgehead atoms. The minimum Gasteiger partial charge on any atom is -0.370 e. The largest absolute Gasteiger partial charge is 0.370 e. The zero-order chi connectivity index (χ0) is 14.7. The minimum atomic E-state index is -0.264. The van der Waals surface area contributed by atoms with Crippen LogP contribution >= 0.6 is 0 Å². The highest BCUT2D eigenvalue weighted by Gasteiger charge is 2.17. The maximum absolute atomic E-state index is 12.2. The van der Waals surface area contributed by atoms with E-state index in [0.29, 0.717) is 5.69 Å². The molecule has 5 nitrogen and oxygen atoms in total. The van der Waals surface area contributed by atoms with Gasteiger partial charge in [0.25, 0.3) is 5.91 Å². The Morgan fingerprint density at radius 3 is 2.71 bits per heavy atom. The van der Waals surface area contributed by atoms with E-state index in [4.69, 9.17) is 4.52 Å². The number of rotatable bonds is 3. The molecule has 2 aromatic rings. The van der Waals surface area contributed by atoms with E-state index in [0.717, 1.165) is 24.5 Å². The van der Waals surface area contributed by atoms with Crippen molar-refractivity contribution in [3.63, 3.8) is 0 Å². The molecule has 1 aliphatic rings. The first-order valence-electron chi connectivity index (χ1n) is 7.33. The highest BCUT2D eigenvalue weighted by molar-refractivity contribution is 6.04. The zero-order valence-electron chi connectivity index (χ0n) is 12.1. The normalized spacial score (nSPS) is 15.0. The molecule has 1 N–H and O–H groups in total. The maximum atomic E-state index is 12.2. The first-order valence-corrected chi connectivity index (χ1v) is 7.33. The lowest BCUT2D eigenvalue weighted by Gasteiger charge is -2.30. The van der Waals surface area contributed by atoms with Crippen LogP contribution in [0.25, 0.3) is 0 Å². The SMILES string of the molecule is Cc1cc(C(=O)Nc2ccccc2N2CCCCC2)on1. The fourth-order valence-electron chi connectivity index (χ4n) is 2.64. The van der Waals surface area contributed by atoms with E-state index in [2.05, 4.69) is 15.4 Å². The van der Waals surface area contributed by atoms with E-state index in [1.165, 1.54) is 19.3 Å². The summed E-state index contributed by atoms with van der Waals surface area (Å²) in [6.07, 6.45) is 3.68. The minimum absolute atomic E-state index is 0.237. The first kappa shape index (κ1) is 13.7. The average molecular weight is 285 g/mol. The number of aromatic nitrogens is 1. The summed E-state index contributed by atoms with van der Waals surface area (Å²) in [5, 5.41) is 6.67. The van der Waals surface area contributed by atoms with Gasteiger partial charge in [-0.2, -0.15) is 0 Å². The molecule has 1 saturated heterocycles. The standard InChI is InChI=1S/C16H19N3O2/c1-12-11-15(21-18-12)16(20)17-13-7-3-4-8-14(13)19-9-5-2-6-10-19/h3-4,7-8,11H,2,5-6,9-10H2,1H3,(H,17,20). The van der Waals surface area contributed by atoms with Gasteiger partial charge in [0.15, 0.2) is 0 Å². The quantitative estimate of drug-likeness (QED) is 0.940. The zero-order valence-corrected chi connectivity index (χ0v) is 12.1. The summed E-state index contributed by atoms with van der Waals surface area (Å²) in [5.41, 5.74) is 2.59. The molecule has 21 heavy (non-hydrogen) atoms. The summed E-state index contributed by atoms with van der Waals surface area (Å²) in [4.78, 5) is 14.5. The number of para-hydroxylation sites is 2. The van der Waals surface area contributed by atoms with Crippen molar-refractivity contribution < 1.29 is 9.32 Å². The van der Waals surface area contributed by atoms with Crippen LogP contribution in [0.4, 0.5) is 11.4 Å². The summed E-state index contributed by atoms with van der Waals surface area (Å²) in [6.45, 7) is 3.87. The van der Waals surface area contributed by atoms with Crippen molar-refractivity contribution >= 4 is 17.3 Å². The van der Waals surface area contributed by atoms with Gasteiger partial charge in [-0.3, -0.25) is 4.79 Å². The van der Waals surface area contributed by atoms with Crippen molar-refractivity contribution in [2.75, 3.05) is 23.3 Å². The van der Waals surface area contributed by atoms with E-state index in [-0.39, 0.29) is 11.7 Å². The second kappa shape index (κ2) is 5.99. The van der Waals surface area contributed by atoms with Gasteiger partial charge in [-0.25, -0.2) is 0 Å². The van der Waals surface area contributed by atoms with E-state index < -0.39 is 0 Å². The molecule has 110 valence electrons. The predicted octanol–water partition coefficient (Wildman–Crippen LogP) is 3.23. The fraction of sp³-hybridized carbons (Fsp3) is 0.375. The third-order valence-electron chi connectivity index (χ3n) is 3.70. The number of carbonyl (C=O) groups is 1. The van der Waals surface area contributed by atoms with Gasteiger partial charge in [0, 0.05) is 19.2 Å². The van der Waals surface area contributed by atoms with E-state index in [1.807, 2.05) is 24.3 Å². The molecule has 2 heterocycles. The Balaban J connectivity index is 1.80. The third-order valence-corrected chi connectivity index (χ3v) is 3.70. The number of aryl methyl sites for hydroxylation is 1. The van der Waals surface area contributed by atoms with Crippen LogP contribution < -0.4 is 10.2 Å². The molecule has 1 fully saturated rings. The Bertz CT molecular complexity index is 630. The molecule has 0 spiro atoms. The van der Waals surface area contributed by atoms with Gasteiger partial charge in [-0.1, -0.05) is 17.3 Å². The maximum Gasteiger partial charge on any atom is 0.294 e. The fourth-order valence-corrected chi connectivity index (χ4v) is 2.64. The van der Waals surface area contributed by atoms with Crippen molar-refractivity contribution in [1.82, 2.24) is 5.16 Å². The van der Waals surface area contributed by atoms with Crippen molar-refractivity contribution in [3.05, 3.63) is 41.8 Å². The Morgan fingerprint density at radius 1 is 1.24 bits per heavy atom. The summed E-state index contributed by atoms with van der Waals surface area (Å²) in [5.74, 6) is -0.0268. The van der Waals surface area contributed by atoms with E-state index in [9.17, 15) is 4.79 Å². The number of nitrogens with zero attached hydrogens (tertiary/aromatic N) is 2. The lowest BCUT2D eigenvalue weighted by atomic mass is 10.1. The molecule has 1 aromatic heterocycles. The van der Waals surface area contributed by atoms with Crippen molar-refractivity contribution in [1.29, 1.82) is 0 Å². The van der Waals surface area contributed by atoms with Crippen LogP contribution in [-0.2, 0) is 0 Å². The molecule has 0 unspecified atom stereocenters. The Labute approximate surface area is 123 Å². The summed E-state index contributed by atoms with van der Waals surface area (Å²) in [6, 6.07) is 9.53. The Morgan fingerprint density at radius 2 is 2.00 bits per heavy atom. The predicted molar refractivity (Wildman–Crippen MR) is 81.7 cm³/mol. The van der Waals surface area contributed by atoms with Crippen molar-refractivity contribution in [2.45, 2.75) is 26.2 Å². The lowest BCUT2D eigenvalue weighted by Crippen LogP contribution is -2.30. The van der Waals surface area contributed by atoms with Crippen molar-refractivity contribution in [2.24, 2.45) is 0 Å². The number of hydrogen-bond donors (Lipinski definition) is 1. The Kier molecular flexibility index (Phi) is 3.90. The smallest absolute Gasteiger partial charge is 0.294 e. The number of hydrogen-bond acceptors (Lipinski definition) is 4. The van der Waals surface area contributed by atoms with Gasteiger partial charge in [0.1, 0.15) is 0 Å². The van der Waals surface area contributed by atoms with Crippen LogP contribution in [0, 0.1) is 6.92 Å². The highest BCUT2D eigenvalue weighted by atomic mass is 16.5. The van der Waals surface area contributed by atoms with Crippen LogP contribution in [-0.4, -0.2) is 24.2 Å². The number of anilines is 2. The first-order chi connectivity index (χ1) is 10.2. The third kappa shape index (κ3) is 3.07. The lowest BCUT2D eigenvalue weighted by molar-refractivity contribution is 0.0988. The van der Waals surface area contributed by atoms with Gasteiger partial charge < -0.3 is 14.7 Å². The molecule has 1 aromatic carbocycles. The monoisotopic (exact) mass is 285 g/mol. The number of piperidine rings is 1. The van der Waals surface area contributed by atoms with Crippen molar-refractivity contribution in [3.8, 4) is 0 Å². The second-order valence-electron chi connectivity index (χ2n) is 5.35. The molecule has 0 atom stereocenters. The molecule has 5 heteroatoms. The van der Waals surface area contributed by atoms with E-state index >= 15 is 0 Å². The van der Waals surface area contributed by atoms with Gasteiger partial charge in [-0.05, 0) is 38.3 Å². The van der Waals surface area contributed by atoms with Gasteiger partial charge >= 0.3 is 0 Å². The van der Waals surface area contributed by atoms with Gasteiger partial charge in [-0.15, -0.1) is 0 Å². The molecule has 0 saturated carbocycles. The number of amides is 1. The van der Waals surface area contributed by atoms with Crippen LogP contribution in [0.5, 0.6) is 0 Å². The molecule has 0 aliphatic carbocycles. The topological polar surface area (TPSA) is 58.4 Å². The molecule has 0 radical (unpaired) electrons. The number of carbonyl (C=O) groups excluding carboxylic acids is 1. The second-order valence-corrected chi connectivity index (χ2v) is 5.35. The molecule has 3 rings (SSSR count). The molecular weight excluding hydrogens is 266 g/mol. The van der Waals surface area contributed by atoms with Gasteiger partial charge in [0.05, 0.1) is 17.1 Å². The van der Waals surface area contributed by atoms with Gasteiger partial charge in [0.2, 0.25) is 5.76 Å². The van der Waals surface area contributed by atoms with E-state index in [1.54, 1.807) is 13.0 Å². The van der Waals surface area contributed by atoms with Crippen LogP contribution in [0.1, 0.15) is 35.5 Å². The summed E-state index contributed by atoms with van der Waals surface area (Å²) >= 11 is 0. The molecule has 1 amide bonds. The Hall–Kier alpha value is -2.30. The van der Waals surface area contributed by atoms with Crippen LogP contribution in [0.2, 0.25) is 0 Å². The highest BCUT2D eigenvalue weighted by Crippen LogP contribution is 2.28. The molecule has 1 aliphatic heterocycles.